The van der Waals surface area contributed by atoms with Crippen LogP contribution in [-0.2, 0) is 41.6 Å². The van der Waals surface area contributed by atoms with Gasteiger partial charge in [-0.05, 0) is 67.9 Å². The first-order valence-corrected chi connectivity index (χ1v) is 18.8. The minimum atomic E-state index is -1.50. The molecule has 304 valence electrons. The van der Waals surface area contributed by atoms with E-state index in [9.17, 15) is 26.5 Å². The van der Waals surface area contributed by atoms with E-state index in [0.717, 1.165) is 30.5 Å². The molecular weight excluding hydrogens is 726 g/mol. The number of aliphatic hydroxyl groups is 1. The minimum Gasteiger partial charge on any atom is -0.444 e. The maximum atomic E-state index is 13.0. The Morgan fingerprint density at radius 3 is 2.11 bits per heavy atom. The largest absolute Gasteiger partial charge is 0.444 e. The van der Waals surface area contributed by atoms with E-state index in [1.54, 1.807) is 20.8 Å². The van der Waals surface area contributed by atoms with Crippen LogP contribution in [0.4, 0.5) is 4.79 Å². The van der Waals surface area contributed by atoms with Gasteiger partial charge in [0.15, 0.2) is 6.29 Å². The highest BCUT2D eigenvalue weighted by molar-refractivity contribution is 5.68. The highest BCUT2D eigenvalue weighted by atomic mass is 16.7. The summed E-state index contributed by atoms with van der Waals surface area (Å²) in [6.45, 7) is 8.65. The second-order valence-corrected chi connectivity index (χ2v) is 14.5. The lowest BCUT2D eigenvalue weighted by molar-refractivity contribution is -0.301. The summed E-state index contributed by atoms with van der Waals surface area (Å²) in [6.07, 6.45) is -6.98. The third-order valence-corrected chi connectivity index (χ3v) is 9.13. The van der Waals surface area contributed by atoms with Crippen molar-refractivity contribution in [2.24, 2.45) is 15.3 Å². The van der Waals surface area contributed by atoms with Gasteiger partial charge in [0.25, 0.3) is 0 Å². The van der Waals surface area contributed by atoms with E-state index < -0.39 is 72.7 Å². The molecule has 19 heteroatoms. The molecule has 1 saturated carbocycles. The molecule has 1 aliphatic carbocycles. The van der Waals surface area contributed by atoms with Gasteiger partial charge in [0.05, 0.1) is 50.7 Å². The van der Waals surface area contributed by atoms with Crippen molar-refractivity contribution in [1.82, 2.24) is 10.6 Å². The van der Waals surface area contributed by atoms with Crippen LogP contribution >= 0.6 is 0 Å². The Bertz CT molecular complexity index is 1640. The van der Waals surface area contributed by atoms with Gasteiger partial charge in [0.1, 0.15) is 36.1 Å². The summed E-state index contributed by atoms with van der Waals surface area (Å²) >= 11 is 0. The molecule has 2 fully saturated rings. The molecule has 10 atom stereocenters. The second-order valence-electron chi connectivity index (χ2n) is 14.5. The average Bonchev–Trinajstić information content (AvgIpc) is 3.17. The molecule has 1 aliphatic heterocycles. The van der Waals surface area contributed by atoms with Crippen LogP contribution in [0, 0.1) is 0 Å². The summed E-state index contributed by atoms with van der Waals surface area (Å²) in [5, 5.41) is 29.8. The van der Waals surface area contributed by atoms with Crippen molar-refractivity contribution in [2.45, 2.75) is 127 Å². The fraction of sp³-hybridized carbons (Fsp3) is 0.649. The molecule has 0 spiro atoms. The molecule has 4 rings (SSSR count). The highest BCUT2D eigenvalue weighted by Crippen LogP contribution is 2.35. The lowest BCUT2D eigenvalue weighted by Gasteiger charge is -2.48. The van der Waals surface area contributed by atoms with Gasteiger partial charge in [0.2, 0.25) is 0 Å². The van der Waals surface area contributed by atoms with E-state index in [1.165, 1.54) is 0 Å². The third-order valence-electron chi connectivity index (χ3n) is 9.13. The zero-order valence-corrected chi connectivity index (χ0v) is 32.2. The van der Waals surface area contributed by atoms with Crippen molar-refractivity contribution in [3.8, 4) is 0 Å². The quantitative estimate of drug-likeness (QED) is 0.0583. The second kappa shape index (κ2) is 22.8. The number of carbonyl (C=O) groups excluding carboxylic acids is 1. The first-order valence-electron chi connectivity index (χ1n) is 18.8. The maximum Gasteiger partial charge on any atom is 0.407 e. The van der Waals surface area contributed by atoms with Crippen LogP contribution in [0.5, 0.6) is 0 Å². The van der Waals surface area contributed by atoms with Gasteiger partial charge in [-0.1, -0.05) is 89.4 Å². The number of benzene rings is 2. The van der Waals surface area contributed by atoms with Crippen LogP contribution < -0.4 is 10.6 Å². The first-order chi connectivity index (χ1) is 27.1. The Labute approximate surface area is 326 Å². The number of aliphatic hydroxyl groups excluding tert-OH is 1. The summed E-state index contributed by atoms with van der Waals surface area (Å²) in [6, 6.07) is 15.6. The van der Waals surface area contributed by atoms with Crippen LogP contribution in [0.2, 0.25) is 0 Å². The fourth-order valence-corrected chi connectivity index (χ4v) is 6.57. The van der Waals surface area contributed by atoms with Gasteiger partial charge in [-0.3, -0.25) is 0 Å². The topological polar surface area (TPSA) is 263 Å². The molecular formula is C37H53N11O8. The summed E-state index contributed by atoms with van der Waals surface area (Å²) in [7, 11) is 0. The van der Waals surface area contributed by atoms with Gasteiger partial charge in [-0.25, -0.2) is 4.79 Å². The van der Waals surface area contributed by atoms with Crippen LogP contribution in [-0.4, -0.2) is 104 Å². The van der Waals surface area contributed by atoms with Crippen molar-refractivity contribution in [2.75, 3.05) is 26.2 Å². The van der Waals surface area contributed by atoms with Crippen molar-refractivity contribution in [3.63, 3.8) is 0 Å². The molecule has 0 radical (unpaired) electrons. The summed E-state index contributed by atoms with van der Waals surface area (Å²) in [5.74, 6) is 0. The van der Waals surface area contributed by atoms with Crippen LogP contribution in [0.1, 0.15) is 58.1 Å². The van der Waals surface area contributed by atoms with E-state index in [0.29, 0.717) is 6.54 Å². The fourth-order valence-electron chi connectivity index (χ4n) is 6.57. The monoisotopic (exact) mass is 779 g/mol. The summed E-state index contributed by atoms with van der Waals surface area (Å²) in [4.78, 5) is 22.0. The predicted molar refractivity (Wildman–Crippen MR) is 205 cm³/mol. The standard InChI is InChI=1S/C37H53N11O8/c1-5-6-17-41-18-19-51-31-26(43-36(50)56-37(2,3)4)20-27(44-47-39)32(30(31)49)55-35-29(45-48-40)34(53-23-25-15-11-8-12-16-25)33(28(54-35)21-42-46-38)52-22-24-13-9-7-10-14-24/h7-16,26-35,41,49H,5-6,17-23H2,1-4H3,(H,43,50)/t26-,27?,28?,29?,30-,31?,32?,33-,34-,35-/m1/s1. The van der Waals surface area contributed by atoms with E-state index in [-0.39, 0.29) is 32.8 Å². The van der Waals surface area contributed by atoms with Gasteiger partial charge in [-0.15, -0.1) is 0 Å². The lowest BCUT2D eigenvalue weighted by Crippen LogP contribution is -2.65. The Morgan fingerprint density at radius 1 is 0.875 bits per heavy atom. The Morgan fingerprint density at radius 2 is 1.52 bits per heavy atom. The molecule has 0 aromatic heterocycles. The molecule has 3 N–H and O–H groups in total. The summed E-state index contributed by atoms with van der Waals surface area (Å²) < 4.78 is 37.4. The Kier molecular flexibility index (Phi) is 17.9. The van der Waals surface area contributed by atoms with Crippen molar-refractivity contribution in [1.29, 1.82) is 0 Å². The molecule has 19 nitrogen and oxygen atoms in total. The number of amides is 1. The smallest absolute Gasteiger partial charge is 0.407 e. The molecule has 1 saturated heterocycles. The van der Waals surface area contributed by atoms with Gasteiger partial charge in [0, 0.05) is 21.3 Å². The Hall–Kier alpha value is -4.64. The predicted octanol–water partition coefficient (Wildman–Crippen LogP) is 6.37. The van der Waals surface area contributed by atoms with Crippen molar-refractivity contribution in [3.05, 3.63) is 103 Å². The van der Waals surface area contributed by atoms with Gasteiger partial charge in [-0.2, -0.15) is 0 Å². The number of nitrogens with one attached hydrogen (secondary N) is 2. The zero-order valence-electron chi connectivity index (χ0n) is 32.2. The number of nitrogens with zero attached hydrogens (tertiary/aromatic N) is 9. The maximum absolute atomic E-state index is 13.0. The number of azide groups is 3. The number of unbranched alkanes of at least 4 members (excludes halogenated alkanes) is 1. The number of hydrogen-bond donors (Lipinski definition) is 3. The minimum absolute atomic E-state index is 0.0171. The normalized spacial score (nSPS) is 27.5. The van der Waals surface area contributed by atoms with Gasteiger partial charge < -0.3 is 44.2 Å². The molecule has 56 heavy (non-hydrogen) atoms. The molecule has 1 heterocycles. The molecule has 2 aromatic rings. The Balaban J connectivity index is 1.68. The molecule has 2 aromatic carbocycles. The van der Waals surface area contributed by atoms with E-state index in [1.807, 2.05) is 60.7 Å². The number of ether oxygens (including phenoxy) is 6. The van der Waals surface area contributed by atoms with Crippen LogP contribution in [0.15, 0.2) is 76.0 Å². The molecule has 1 amide bonds. The van der Waals surface area contributed by atoms with Crippen molar-refractivity contribution < 1.29 is 38.3 Å². The SMILES string of the molecule is CCCCNCCOC1[C@@H](O)C(O[C@H]2OC(CN=[N+]=[N-])[C@@H](OCc3ccccc3)[C@H](OCc3ccccc3)C2N=[N+]=[N-])C(N=[N+]=[N-])C[C@H]1NC(=O)OC(C)(C)C. The number of hydrogen-bond acceptors (Lipinski definition) is 12. The summed E-state index contributed by atoms with van der Waals surface area (Å²) in [5.41, 5.74) is 29.6. The van der Waals surface area contributed by atoms with Crippen molar-refractivity contribution >= 4 is 6.09 Å². The van der Waals surface area contributed by atoms with E-state index >= 15 is 0 Å². The number of rotatable bonds is 20. The molecule has 5 unspecified atom stereocenters. The average molecular weight is 780 g/mol. The van der Waals surface area contributed by atoms with E-state index in [2.05, 4.69) is 47.6 Å². The van der Waals surface area contributed by atoms with Crippen LogP contribution in [0.3, 0.4) is 0 Å². The zero-order chi connectivity index (χ0) is 40.3. The highest BCUT2D eigenvalue weighted by Gasteiger charge is 2.52. The number of carbonyl (C=O) groups is 1. The third kappa shape index (κ3) is 13.5. The van der Waals surface area contributed by atoms with E-state index in [4.69, 9.17) is 28.4 Å². The van der Waals surface area contributed by atoms with Crippen LogP contribution in [0.25, 0.3) is 31.3 Å². The number of alkyl carbamates (subject to hydrolysis) is 1. The lowest BCUT2D eigenvalue weighted by atomic mass is 9.83. The van der Waals surface area contributed by atoms with Gasteiger partial charge >= 0.3 is 6.09 Å². The first kappa shape index (κ1) is 44.1. The molecule has 2 aliphatic rings. The molecule has 0 bridgehead atoms.